The van der Waals surface area contributed by atoms with Crippen molar-refractivity contribution in [2.45, 2.75) is 24.5 Å². The fraction of sp³-hybridized carbons (Fsp3) is 0.278. The standard InChI is InChI=1S/C18H20N4O2S2/c1-20-16-7-6-15(26(19,23)24)10-17(16)22(18(20)25)12-21-9-8-13-4-2-3-5-14(13)11-21/h2-7,10H,8-9,11-12H2,1H3,(H2,19,23,24). The van der Waals surface area contributed by atoms with E-state index in [1.54, 1.807) is 12.1 Å². The van der Waals surface area contributed by atoms with Gasteiger partial charge in [-0.05, 0) is 48.0 Å². The van der Waals surface area contributed by atoms with Gasteiger partial charge in [0, 0.05) is 20.1 Å². The monoisotopic (exact) mass is 388 g/mol. The van der Waals surface area contributed by atoms with Crippen molar-refractivity contribution in [2.75, 3.05) is 6.54 Å². The van der Waals surface area contributed by atoms with Crippen molar-refractivity contribution < 1.29 is 8.42 Å². The third-order valence-electron chi connectivity index (χ3n) is 5.00. The zero-order valence-corrected chi connectivity index (χ0v) is 16.1. The van der Waals surface area contributed by atoms with Gasteiger partial charge in [0.15, 0.2) is 4.77 Å². The van der Waals surface area contributed by atoms with E-state index in [9.17, 15) is 8.42 Å². The summed E-state index contributed by atoms with van der Waals surface area (Å²) in [7, 11) is -1.87. The maximum Gasteiger partial charge on any atom is 0.238 e. The maximum absolute atomic E-state index is 11.7. The lowest BCUT2D eigenvalue weighted by molar-refractivity contribution is 0.201. The summed E-state index contributed by atoms with van der Waals surface area (Å²) in [5.41, 5.74) is 4.39. The van der Waals surface area contributed by atoms with Crippen LogP contribution >= 0.6 is 12.2 Å². The third kappa shape index (κ3) is 2.99. The summed E-state index contributed by atoms with van der Waals surface area (Å²) >= 11 is 5.60. The number of fused-ring (bicyclic) bond motifs is 2. The number of hydrogen-bond donors (Lipinski definition) is 1. The van der Waals surface area contributed by atoms with Crippen LogP contribution in [0.2, 0.25) is 0 Å². The van der Waals surface area contributed by atoms with Crippen LogP contribution in [0.4, 0.5) is 0 Å². The molecule has 0 amide bonds. The van der Waals surface area contributed by atoms with Crippen LogP contribution in [0.15, 0.2) is 47.4 Å². The first-order valence-corrected chi connectivity index (χ1v) is 10.3. The van der Waals surface area contributed by atoms with Gasteiger partial charge in [0.25, 0.3) is 0 Å². The van der Waals surface area contributed by atoms with Gasteiger partial charge < -0.3 is 9.13 Å². The van der Waals surface area contributed by atoms with E-state index in [1.807, 2.05) is 16.2 Å². The van der Waals surface area contributed by atoms with E-state index in [2.05, 4.69) is 29.2 Å². The highest BCUT2D eigenvalue weighted by atomic mass is 32.2. The molecule has 0 unspecified atom stereocenters. The zero-order chi connectivity index (χ0) is 18.5. The number of aryl methyl sites for hydroxylation is 1. The zero-order valence-electron chi connectivity index (χ0n) is 14.4. The van der Waals surface area contributed by atoms with Crippen molar-refractivity contribution in [2.24, 2.45) is 12.2 Å². The predicted octanol–water partition coefficient (Wildman–Crippen LogP) is 2.37. The molecule has 0 spiro atoms. The molecule has 1 aliphatic heterocycles. The average molecular weight is 389 g/mol. The molecule has 0 saturated carbocycles. The lowest BCUT2D eigenvalue weighted by Gasteiger charge is -2.29. The normalized spacial score (nSPS) is 15.3. The molecule has 2 N–H and O–H groups in total. The SMILES string of the molecule is Cn1c(=S)n(CN2CCc3ccccc3C2)c2cc(S(N)(=O)=O)ccc21. The smallest absolute Gasteiger partial charge is 0.238 e. The Morgan fingerprint density at radius 1 is 1.12 bits per heavy atom. The van der Waals surface area contributed by atoms with Crippen LogP contribution in [0, 0.1) is 4.77 Å². The van der Waals surface area contributed by atoms with Gasteiger partial charge in [-0.2, -0.15) is 0 Å². The van der Waals surface area contributed by atoms with Gasteiger partial charge in [-0.15, -0.1) is 0 Å². The Morgan fingerprint density at radius 3 is 2.58 bits per heavy atom. The van der Waals surface area contributed by atoms with Gasteiger partial charge in [-0.1, -0.05) is 24.3 Å². The van der Waals surface area contributed by atoms with E-state index in [4.69, 9.17) is 17.4 Å². The summed E-state index contributed by atoms with van der Waals surface area (Å²) < 4.78 is 28.0. The summed E-state index contributed by atoms with van der Waals surface area (Å²) in [6.07, 6.45) is 0.997. The van der Waals surface area contributed by atoms with Crippen LogP contribution < -0.4 is 5.14 Å². The largest absolute Gasteiger partial charge is 0.320 e. The number of nitrogens with two attached hydrogens (primary N) is 1. The highest BCUT2D eigenvalue weighted by Crippen LogP contribution is 2.24. The molecule has 0 fully saturated rings. The van der Waals surface area contributed by atoms with E-state index in [1.165, 1.54) is 17.2 Å². The van der Waals surface area contributed by atoms with E-state index >= 15 is 0 Å². The number of nitrogens with zero attached hydrogens (tertiary/aromatic N) is 3. The van der Waals surface area contributed by atoms with E-state index in [-0.39, 0.29) is 4.90 Å². The van der Waals surface area contributed by atoms with Crippen molar-refractivity contribution in [1.82, 2.24) is 14.0 Å². The van der Waals surface area contributed by atoms with E-state index in [0.29, 0.717) is 11.4 Å². The first-order chi connectivity index (χ1) is 12.3. The third-order valence-corrected chi connectivity index (χ3v) is 6.40. The van der Waals surface area contributed by atoms with Crippen molar-refractivity contribution in [1.29, 1.82) is 0 Å². The summed E-state index contributed by atoms with van der Waals surface area (Å²) in [4.78, 5) is 2.42. The van der Waals surface area contributed by atoms with Crippen LogP contribution in [0.1, 0.15) is 11.1 Å². The Labute approximate surface area is 157 Å². The quantitative estimate of drug-likeness (QED) is 0.699. The minimum Gasteiger partial charge on any atom is -0.320 e. The first-order valence-electron chi connectivity index (χ1n) is 8.36. The summed E-state index contributed by atoms with van der Waals surface area (Å²) in [6.45, 7) is 2.39. The Hall–Kier alpha value is -2.00. The molecule has 6 nitrogen and oxygen atoms in total. The van der Waals surface area contributed by atoms with E-state index < -0.39 is 10.0 Å². The number of primary sulfonamides is 1. The van der Waals surface area contributed by atoms with Gasteiger partial charge in [0.05, 0.1) is 22.6 Å². The number of benzene rings is 2. The molecule has 0 radical (unpaired) electrons. The average Bonchev–Trinajstić information content (AvgIpc) is 2.85. The van der Waals surface area contributed by atoms with Gasteiger partial charge in [-0.3, -0.25) is 4.90 Å². The minimum atomic E-state index is -3.76. The number of imidazole rings is 1. The van der Waals surface area contributed by atoms with Crippen molar-refractivity contribution in [3.05, 3.63) is 58.4 Å². The van der Waals surface area contributed by atoms with Crippen molar-refractivity contribution in [3.63, 3.8) is 0 Å². The minimum absolute atomic E-state index is 0.100. The molecule has 136 valence electrons. The number of hydrogen-bond acceptors (Lipinski definition) is 4. The summed E-state index contributed by atoms with van der Waals surface area (Å²) in [5.74, 6) is 0. The van der Waals surface area contributed by atoms with Crippen LogP contribution in [0.3, 0.4) is 0 Å². The number of aromatic nitrogens is 2. The molecule has 2 aromatic carbocycles. The maximum atomic E-state index is 11.7. The highest BCUT2D eigenvalue weighted by molar-refractivity contribution is 7.89. The molecular weight excluding hydrogens is 368 g/mol. The molecule has 26 heavy (non-hydrogen) atoms. The first kappa shape index (κ1) is 17.4. The summed E-state index contributed by atoms with van der Waals surface area (Å²) in [6, 6.07) is 13.4. The highest BCUT2D eigenvalue weighted by Gasteiger charge is 2.19. The predicted molar refractivity (Wildman–Crippen MR) is 104 cm³/mol. The molecule has 2 heterocycles. The molecule has 0 saturated heterocycles. The van der Waals surface area contributed by atoms with Crippen LogP contribution in [-0.2, 0) is 36.7 Å². The van der Waals surface area contributed by atoms with Gasteiger partial charge >= 0.3 is 0 Å². The van der Waals surface area contributed by atoms with Crippen LogP contribution in [-0.4, -0.2) is 29.0 Å². The molecule has 3 aromatic rings. The molecule has 0 bridgehead atoms. The van der Waals surface area contributed by atoms with Gasteiger partial charge in [0.2, 0.25) is 10.0 Å². The Balaban J connectivity index is 1.75. The molecule has 0 atom stereocenters. The molecule has 1 aliphatic rings. The molecule has 4 rings (SSSR count). The second-order valence-corrected chi connectivity index (χ2v) is 8.60. The molecule has 0 aliphatic carbocycles. The Bertz CT molecular complexity index is 1160. The molecule has 1 aromatic heterocycles. The Kier molecular flexibility index (Phi) is 4.23. The lowest BCUT2D eigenvalue weighted by Crippen LogP contribution is -2.32. The second kappa shape index (κ2) is 6.31. The van der Waals surface area contributed by atoms with Crippen molar-refractivity contribution >= 4 is 33.3 Å². The van der Waals surface area contributed by atoms with Crippen molar-refractivity contribution in [3.8, 4) is 0 Å². The second-order valence-electron chi connectivity index (χ2n) is 6.68. The molecule has 8 heteroatoms. The topological polar surface area (TPSA) is 73.3 Å². The number of rotatable bonds is 3. The fourth-order valence-corrected chi connectivity index (χ4v) is 4.37. The van der Waals surface area contributed by atoms with Gasteiger partial charge in [0.1, 0.15) is 0 Å². The fourth-order valence-electron chi connectivity index (χ4n) is 3.58. The Morgan fingerprint density at radius 2 is 1.85 bits per heavy atom. The number of sulfonamides is 1. The van der Waals surface area contributed by atoms with Crippen LogP contribution in [0.5, 0.6) is 0 Å². The van der Waals surface area contributed by atoms with Gasteiger partial charge in [-0.25, -0.2) is 13.6 Å². The lowest BCUT2D eigenvalue weighted by atomic mass is 10.0. The van der Waals surface area contributed by atoms with E-state index in [0.717, 1.165) is 30.5 Å². The molecular formula is C18H20N4O2S2. The van der Waals surface area contributed by atoms with Crippen LogP contribution in [0.25, 0.3) is 11.0 Å². The summed E-state index contributed by atoms with van der Waals surface area (Å²) in [5, 5.41) is 5.30.